The summed E-state index contributed by atoms with van der Waals surface area (Å²) in [6.07, 6.45) is -2.92. The highest BCUT2D eigenvalue weighted by molar-refractivity contribution is 7.36. The Morgan fingerprint density at radius 2 is 1.98 bits per heavy atom. The first kappa shape index (κ1) is 31.0. The van der Waals surface area contributed by atoms with Crippen LogP contribution in [0.4, 0.5) is 16.2 Å². The van der Waals surface area contributed by atoms with Crippen molar-refractivity contribution in [3.63, 3.8) is 0 Å². The molecule has 6 atom stereocenters. The summed E-state index contributed by atoms with van der Waals surface area (Å²) < 4.78 is 47.0. The number of halogens is 1. The van der Waals surface area contributed by atoms with Gasteiger partial charge in [0.1, 0.15) is 24.0 Å². The molecule has 0 amide bonds. The molecule has 0 saturated carbocycles. The number of likely N-dealkylation sites (N-methyl/N-ethyl adjacent to an activating group) is 1. The lowest BCUT2D eigenvalue weighted by molar-refractivity contribution is -0.152. The summed E-state index contributed by atoms with van der Waals surface area (Å²) in [5, 5.41) is 10.9. The summed E-state index contributed by atoms with van der Waals surface area (Å²) in [6.45, 7) is 5.19. The van der Waals surface area contributed by atoms with E-state index in [1.54, 1.807) is 30.3 Å². The normalized spacial score (nSPS) is 26.1. The van der Waals surface area contributed by atoms with Gasteiger partial charge in [0.05, 0.1) is 20.0 Å². The van der Waals surface area contributed by atoms with E-state index in [0.717, 1.165) is 17.9 Å². The van der Waals surface area contributed by atoms with Crippen LogP contribution in [0.3, 0.4) is 0 Å². The Morgan fingerprint density at radius 1 is 1.28 bits per heavy atom. The number of methoxy groups -OCH3 is 1. The molecule has 0 bridgehead atoms. The first-order chi connectivity index (χ1) is 20.5. The minimum atomic E-state index is -3.28. The highest BCUT2D eigenvalue weighted by Gasteiger charge is 2.55. The van der Waals surface area contributed by atoms with Crippen LogP contribution in [-0.2, 0) is 23.4 Å². The molecule has 2 saturated heterocycles. The smallest absolute Gasteiger partial charge is 0.326 e. The molecule has 5 rings (SSSR count). The van der Waals surface area contributed by atoms with Gasteiger partial charge in [-0.15, -0.1) is 0 Å². The van der Waals surface area contributed by atoms with Gasteiger partial charge in [0, 0.05) is 26.2 Å². The van der Waals surface area contributed by atoms with E-state index in [2.05, 4.69) is 19.9 Å². The number of alkyl halides is 1. The maximum atomic E-state index is 16.1. The van der Waals surface area contributed by atoms with Crippen LogP contribution in [0.15, 0.2) is 36.7 Å². The fourth-order valence-corrected chi connectivity index (χ4v) is 6.07. The summed E-state index contributed by atoms with van der Waals surface area (Å²) in [7, 11) is -0.0543. The number of aliphatic hydroxyl groups excluding tert-OH is 1. The Bertz CT molecular complexity index is 1460. The molecule has 4 heterocycles. The van der Waals surface area contributed by atoms with Gasteiger partial charge in [-0.05, 0) is 33.0 Å². The van der Waals surface area contributed by atoms with Gasteiger partial charge in [0.25, 0.3) is 8.18 Å². The number of nitrogen functional groups attached to an aromatic ring is 1. The molecule has 17 heteroatoms. The molecule has 2 fully saturated rings. The van der Waals surface area contributed by atoms with Crippen LogP contribution in [-0.4, -0.2) is 111 Å². The van der Waals surface area contributed by atoms with Crippen LogP contribution in [0.25, 0.3) is 11.2 Å². The maximum Gasteiger partial charge on any atom is 0.326 e. The van der Waals surface area contributed by atoms with Crippen LogP contribution in [0.2, 0.25) is 0 Å². The molecule has 15 nitrogen and oxygen atoms in total. The lowest BCUT2D eigenvalue weighted by Gasteiger charge is -2.33. The second-order valence-electron chi connectivity index (χ2n) is 10.6. The number of carbonyl (C=O) groups excluding carboxylic acids is 1. The summed E-state index contributed by atoms with van der Waals surface area (Å²) in [6, 6.07) is 7.27. The molecule has 2 unspecified atom stereocenters. The van der Waals surface area contributed by atoms with E-state index in [0.29, 0.717) is 30.2 Å². The number of hydroxylamine groups is 1. The molecule has 0 radical (unpaired) electrons. The fraction of sp³-hybridized carbons (Fsp3) is 0.538. The van der Waals surface area contributed by atoms with Crippen molar-refractivity contribution in [2.24, 2.45) is 0 Å². The quantitative estimate of drug-likeness (QED) is 0.189. The first-order valence-corrected chi connectivity index (χ1v) is 15.0. The molecule has 2 aromatic heterocycles. The number of hydrogen-bond donors (Lipinski definition) is 2. The van der Waals surface area contributed by atoms with E-state index in [1.807, 2.05) is 11.9 Å². The van der Waals surface area contributed by atoms with E-state index < -0.39 is 50.9 Å². The molecule has 3 aromatic rings. The SMILES string of the molecule is COC(=O)C(C)N(Oc1ccccc1)[PH](=O)OC[C@H]1O[C@@H](n2cnc3c(N4CCN(C)CC4)nc(N)nc32)[C@](C)(F)[C@@H]1O. The number of fused-ring (bicyclic) bond motifs is 1. The number of anilines is 2. The largest absolute Gasteiger partial charge is 0.468 e. The number of hydrogen-bond acceptors (Lipinski definition) is 13. The number of carbonyl (C=O) groups is 1. The third-order valence-corrected chi connectivity index (χ3v) is 8.84. The summed E-state index contributed by atoms with van der Waals surface area (Å²) in [4.78, 5) is 36.2. The van der Waals surface area contributed by atoms with Gasteiger partial charge in [-0.3, -0.25) is 13.9 Å². The molecular weight excluding hydrogens is 586 g/mol. The van der Waals surface area contributed by atoms with Crippen LogP contribution < -0.4 is 15.5 Å². The van der Waals surface area contributed by atoms with Crippen molar-refractivity contribution in [1.82, 2.24) is 29.3 Å². The van der Waals surface area contributed by atoms with E-state index in [-0.39, 0.29) is 11.6 Å². The maximum absolute atomic E-state index is 16.1. The lowest BCUT2D eigenvalue weighted by atomic mass is 9.98. The average Bonchev–Trinajstić information content (AvgIpc) is 3.51. The van der Waals surface area contributed by atoms with Crippen LogP contribution >= 0.6 is 8.18 Å². The van der Waals surface area contributed by atoms with Crippen molar-refractivity contribution in [1.29, 1.82) is 0 Å². The molecule has 1 aromatic carbocycles. The number of esters is 1. The zero-order valence-corrected chi connectivity index (χ0v) is 25.3. The zero-order valence-electron chi connectivity index (χ0n) is 24.3. The van der Waals surface area contributed by atoms with Gasteiger partial charge in [-0.2, -0.15) is 9.97 Å². The van der Waals surface area contributed by atoms with Crippen molar-refractivity contribution in [3.8, 4) is 5.75 Å². The number of rotatable bonds is 10. The third kappa shape index (κ3) is 6.30. The number of benzene rings is 1. The summed E-state index contributed by atoms with van der Waals surface area (Å²) >= 11 is 0. The predicted octanol–water partition coefficient (Wildman–Crippen LogP) is 1.41. The van der Waals surface area contributed by atoms with E-state index in [9.17, 15) is 14.5 Å². The molecule has 43 heavy (non-hydrogen) atoms. The molecule has 234 valence electrons. The molecule has 0 spiro atoms. The van der Waals surface area contributed by atoms with Crippen LogP contribution in [0.1, 0.15) is 20.1 Å². The van der Waals surface area contributed by atoms with Gasteiger partial charge in [-0.25, -0.2) is 9.37 Å². The lowest BCUT2D eigenvalue weighted by Crippen LogP contribution is -2.45. The van der Waals surface area contributed by atoms with Gasteiger partial charge in [0.15, 0.2) is 28.9 Å². The van der Waals surface area contributed by atoms with Gasteiger partial charge in [0.2, 0.25) is 5.95 Å². The Morgan fingerprint density at radius 3 is 2.65 bits per heavy atom. The Kier molecular flexibility index (Phi) is 9.15. The van der Waals surface area contributed by atoms with E-state index >= 15 is 4.39 Å². The average molecular weight is 623 g/mol. The number of para-hydroxylation sites is 1. The highest BCUT2D eigenvalue weighted by atomic mass is 31.1. The monoisotopic (exact) mass is 622 g/mol. The van der Waals surface area contributed by atoms with E-state index in [4.69, 9.17) is 24.6 Å². The van der Waals surface area contributed by atoms with Crippen LogP contribution in [0, 0.1) is 0 Å². The van der Waals surface area contributed by atoms with Crippen molar-refractivity contribution < 1.29 is 37.7 Å². The molecule has 3 N–H and O–H groups in total. The number of imidazole rings is 1. The molecular formula is C26H36FN8O7P. The Balaban J connectivity index is 1.34. The minimum Gasteiger partial charge on any atom is -0.468 e. The summed E-state index contributed by atoms with van der Waals surface area (Å²) in [5.74, 6) is 0.109. The van der Waals surface area contributed by atoms with Crippen molar-refractivity contribution in [2.45, 2.75) is 44.0 Å². The standard InChI is InChI=1S/C26H36FN8O7P/c1-16(23(37)39-4)35(42-17-8-6-5-7-9-17)43(38)40-14-18-20(36)26(2,27)24(41-18)34-15-29-19-21(30-25(28)31-22(19)34)33-12-10-32(3)11-13-33/h5-9,15-16,18,20,24,36,43H,10-14H2,1-4H3,(H2,28,30,31)/t16?,18-,20-,24-,26-/m1/s1. The predicted molar refractivity (Wildman–Crippen MR) is 154 cm³/mol. The van der Waals surface area contributed by atoms with Gasteiger partial charge in [-0.1, -0.05) is 23.0 Å². The first-order valence-electron chi connectivity index (χ1n) is 13.7. The molecule has 0 aliphatic carbocycles. The zero-order chi connectivity index (χ0) is 30.9. The topological polar surface area (TPSA) is 171 Å². The number of aromatic nitrogens is 4. The third-order valence-electron chi connectivity index (χ3n) is 7.58. The van der Waals surface area contributed by atoms with Gasteiger partial charge < -0.3 is 39.5 Å². The van der Waals surface area contributed by atoms with Crippen molar-refractivity contribution in [2.75, 3.05) is 57.6 Å². The Hall–Kier alpha value is -3.40. The number of nitrogens with zero attached hydrogens (tertiary/aromatic N) is 7. The number of nitrogens with two attached hydrogens (primary N) is 1. The number of ether oxygens (including phenoxy) is 2. The van der Waals surface area contributed by atoms with Crippen molar-refractivity contribution >= 4 is 37.1 Å². The minimum absolute atomic E-state index is 0.0148. The molecule has 2 aliphatic rings. The van der Waals surface area contributed by atoms with E-state index in [1.165, 1.54) is 31.9 Å². The highest BCUT2D eigenvalue weighted by Crippen LogP contribution is 2.44. The fourth-order valence-electron chi connectivity index (χ4n) is 5.03. The number of piperazine rings is 1. The van der Waals surface area contributed by atoms with Gasteiger partial charge >= 0.3 is 5.97 Å². The summed E-state index contributed by atoms with van der Waals surface area (Å²) in [5.41, 5.74) is 4.38. The second-order valence-corrected chi connectivity index (χ2v) is 11.9. The molecule has 2 aliphatic heterocycles. The number of aliphatic hydroxyl groups is 1. The van der Waals surface area contributed by atoms with Crippen molar-refractivity contribution in [3.05, 3.63) is 36.7 Å². The second kappa shape index (κ2) is 12.7. The Labute approximate surface area is 248 Å². The van der Waals surface area contributed by atoms with Crippen LogP contribution in [0.5, 0.6) is 5.75 Å².